The molecule has 158 valence electrons. The van der Waals surface area contributed by atoms with Crippen LogP contribution in [-0.2, 0) is 25.7 Å². The van der Waals surface area contributed by atoms with E-state index in [9.17, 15) is 18.0 Å². The molecule has 30 heavy (non-hydrogen) atoms. The summed E-state index contributed by atoms with van der Waals surface area (Å²) >= 11 is 8.33. The molecule has 0 spiro atoms. The van der Waals surface area contributed by atoms with Gasteiger partial charge in [-0.15, -0.1) is 0 Å². The first-order chi connectivity index (χ1) is 14.3. The van der Waals surface area contributed by atoms with Gasteiger partial charge >= 0.3 is 6.18 Å². The number of aromatic nitrogens is 4. The van der Waals surface area contributed by atoms with Gasteiger partial charge in [0.25, 0.3) is 5.56 Å². The van der Waals surface area contributed by atoms with Crippen molar-refractivity contribution >= 4 is 45.7 Å². The predicted octanol–water partition coefficient (Wildman–Crippen LogP) is 4.51. The third-order valence-corrected chi connectivity index (χ3v) is 7.13. The maximum absolute atomic E-state index is 13.0. The number of fused-ring (bicyclic) bond motifs is 1. The van der Waals surface area contributed by atoms with E-state index in [1.807, 2.05) is 9.47 Å². The lowest BCUT2D eigenvalue weighted by Gasteiger charge is -2.29. The van der Waals surface area contributed by atoms with Crippen molar-refractivity contribution in [1.29, 1.82) is 0 Å². The SMILES string of the molecule is O=c1c(Cl)c(N2CCc3c(ncn3Cc3cccc(C(F)(F)F)c3)C2)cnn1PI. The number of hydrogen-bond donors (Lipinski definition) is 0. The Morgan fingerprint density at radius 3 is 2.83 bits per heavy atom. The number of imidazole rings is 1. The van der Waals surface area contributed by atoms with Crippen LogP contribution in [0.5, 0.6) is 0 Å². The van der Waals surface area contributed by atoms with E-state index in [1.165, 1.54) is 10.5 Å². The third kappa shape index (κ3) is 4.22. The number of rotatable bonds is 4. The van der Waals surface area contributed by atoms with Crippen LogP contribution in [0.1, 0.15) is 22.5 Å². The summed E-state index contributed by atoms with van der Waals surface area (Å²) in [6, 6.07) is 5.31. The van der Waals surface area contributed by atoms with Gasteiger partial charge in [-0.3, -0.25) is 4.79 Å². The van der Waals surface area contributed by atoms with Gasteiger partial charge in [-0.25, -0.2) is 9.44 Å². The summed E-state index contributed by atoms with van der Waals surface area (Å²) < 4.78 is 42.1. The largest absolute Gasteiger partial charge is 0.416 e. The fraction of sp³-hybridized carbons (Fsp3) is 0.278. The molecule has 0 amide bonds. The van der Waals surface area contributed by atoms with Gasteiger partial charge in [-0.1, -0.05) is 23.7 Å². The summed E-state index contributed by atoms with van der Waals surface area (Å²) in [5.74, 6) is 0. The molecule has 1 aliphatic heterocycles. The molecule has 6 nitrogen and oxygen atoms in total. The molecule has 1 aliphatic rings. The van der Waals surface area contributed by atoms with Gasteiger partial charge in [0, 0.05) is 25.2 Å². The Labute approximate surface area is 189 Å². The van der Waals surface area contributed by atoms with Crippen LogP contribution in [0.4, 0.5) is 18.9 Å². The number of nitrogens with zero attached hydrogens (tertiary/aromatic N) is 5. The molecular weight excluding hydrogens is 553 g/mol. The summed E-state index contributed by atoms with van der Waals surface area (Å²) in [6.45, 7) is 1.35. The molecule has 4 rings (SSSR count). The van der Waals surface area contributed by atoms with Crippen LogP contribution < -0.4 is 10.5 Å². The fourth-order valence-corrected chi connectivity index (χ4v) is 5.10. The minimum absolute atomic E-state index is 0.126. The van der Waals surface area contributed by atoms with E-state index in [2.05, 4.69) is 32.1 Å². The molecule has 3 heterocycles. The summed E-state index contributed by atoms with van der Waals surface area (Å²) in [5, 5.41) is 4.27. The number of alkyl halides is 3. The van der Waals surface area contributed by atoms with E-state index >= 15 is 0 Å². The lowest BCUT2D eigenvalue weighted by Crippen LogP contribution is -2.33. The van der Waals surface area contributed by atoms with Crippen molar-refractivity contribution in [1.82, 2.24) is 19.1 Å². The fourth-order valence-electron chi connectivity index (χ4n) is 3.46. The molecule has 0 N–H and O–H groups in total. The van der Waals surface area contributed by atoms with Crippen LogP contribution in [0.25, 0.3) is 0 Å². The maximum Gasteiger partial charge on any atom is 0.416 e. The van der Waals surface area contributed by atoms with Crippen LogP contribution in [-0.4, -0.2) is 25.6 Å². The Bertz CT molecular complexity index is 1150. The quantitative estimate of drug-likeness (QED) is 0.344. The molecule has 1 unspecified atom stereocenters. The minimum Gasteiger partial charge on any atom is -0.362 e. The van der Waals surface area contributed by atoms with E-state index in [0.29, 0.717) is 37.3 Å². The Morgan fingerprint density at radius 2 is 2.10 bits per heavy atom. The first-order valence-electron chi connectivity index (χ1n) is 8.86. The van der Waals surface area contributed by atoms with Crippen molar-refractivity contribution in [3.63, 3.8) is 0 Å². The van der Waals surface area contributed by atoms with Crippen molar-refractivity contribution in [3.05, 3.63) is 74.7 Å². The number of anilines is 1. The number of hydrogen-bond acceptors (Lipinski definition) is 4. The van der Waals surface area contributed by atoms with Crippen LogP contribution >= 0.6 is 40.0 Å². The van der Waals surface area contributed by atoms with E-state index < -0.39 is 11.7 Å². The molecule has 0 fully saturated rings. The molecule has 0 saturated heterocycles. The highest BCUT2D eigenvalue weighted by molar-refractivity contribution is 14.2. The van der Waals surface area contributed by atoms with Gasteiger partial charge in [0.1, 0.15) is 5.02 Å². The van der Waals surface area contributed by atoms with E-state index in [0.717, 1.165) is 23.5 Å². The summed E-state index contributed by atoms with van der Waals surface area (Å²) in [6.07, 6.45) is -0.359. The Morgan fingerprint density at radius 1 is 1.30 bits per heavy atom. The molecule has 0 aliphatic carbocycles. The van der Waals surface area contributed by atoms with Gasteiger partial charge in [-0.2, -0.15) is 18.3 Å². The second-order valence-electron chi connectivity index (χ2n) is 6.78. The van der Waals surface area contributed by atoms with E-state index in [1.54, 1.807) is 18.6 Å². The molecule has 0 radical (unpaired) electrons. The van der Waals surface area contributed by atoms with E-state index in [4.69, 9.17) is 11.6 Å². The van der Waals surface area contributed by atoms with E-state index in [-0.39, 0.29) is 17.0 Å². The Hall–Kier alpha value is -1.65. The molecule has 0 saturated carbocycles. The zero-order chi connectivity index (χ0) is 21.5. The Balaban J connectivity index is 1.56. The van der Waals surface area contributed by atoms with Crippen LogP contribution in [0, 0.1) is 0 Å². The molecule has 3 aromatic rings. The summed E-state index contributed by atoms with van der Waals surface area (Å²) in [7, 11) is 0. The molecule has 1 aromatic carbocycles. The highest BCUT2D eigenvalue weighted by atomic mass is 127. The second-order valence-corrected chi connectivity index (χ2v) is 9.20. The number of halogens is 5. The van der Waals surface area contributed by atoms with Gasteiger partial charge in [-0.05, 0) is 39.7 Å². The third-order valence-electron chi connectivity index (χ3n) is 4.92. The standard InChI is InChI=1S/C18H15ClF3IN5OP/c19-16-15(7-25-28(30-23)17(16)29)26-5-4-14-13(9-26)24-10-27(14)8-11-2-1-3-12(6-11)18(20,21)22/h1-3,6-7,10,30H,4-5,8-9H2. The highest BCUT2D eigenvalue weighted by Gasteiger charge is 2.30. The molecule has 2 aromatic heterocycles. The first kappa shape index (κ1) is 21.6. The van der Waals surface area contributed by atoms with Crippen molar-refractivity contribution in [3.8, 4) is 0 Å². The molecule has 1 atom stereocenters. The normalized spacial score (nSPS) is 14.5. The average molecular weight is 568 g/mol. The Kier molecular flexibility index (Phi) is 6.09. The van der Waals surface area contributed by atoms with Crippen molar-refractivity contribution < 1.29 is 13.2 Å². The first-order valence-corrected chi connectivity index (χ1v) is 13.3. The highest BCUT2D eigenvalue weighted by Crippen LogP contribution is 2.31. The lowest BCUT2D eigenvalue weighted by molar-refractivity contribution is -0.137. The second kappa shape index (κ2) is 8.47. The number of benzene rings is 1. The van der Waals surface area contributed by atoms with Gasteiger partial charge in [0.15, 0.2) is 0 Å². The van der Waals surface area contributed by atoms with Gasteiger partial charge in [0.05, 0.1) is 42.4 Å². The molecule has 0 bridgehead atoms. The van der Waals surface area contributed by atoms with Crippen LogP contribution in [0.3, 0.4) is 0 Å². The average Bonchev–Trinajstić information content (AvgIpc) is 3.11. The zero-order valence-corrected chi connectivity index (χ0v) is 19.2. The maximum atomic E-state index is 13.0. The monoisotopic (exact) mass is 567 g/mol. The van der Waals surface area contributed by atoms with Gasteiger partial charge < -0.3 is 9.47 Å². The minimum atomic E-state index is -4.37. The van der Waals surface area contributed by atoms with Crippen molar-refractivity contribution in [2.75, 3.05) is 11.4 Å². The molecule has 12 heteroatoms. The van der Waals surface area contributed by atoms with Crippen molar-refractivity contribution in [2.45, 2.75) is 25.7 Å². The zero-order valence-electron chi connectivity index (χ0n) is 15.3. The van der Waals surface area contributed by atoms with Gasteiger partial charge in [0.2, 0.25) is 0 Å². The topological polar surface area (TPSA) is 56.0 Å². The summed E-state index contributed by atoms with van der Waals surface area (Å²) in [4.78, 5) is 18.6. The smallest absolute Gasteiger partial charge is 0.362 e. The molecular formula is C18H15ClF3IN5OP. The predicted molar refractivity (Wildman–Crippen MR) is 119 cm³/mol. The summed E-state index contributed by atoms with van der Waals surface area (Å²) in [5.41, 5.74) is 1.90. The van der Waals surface area contributed by atoms with Crippen LogP contribution in [0.15, 0.2) is 41.6 Å². The van der Waals surface area contributed by atoms with Crippen LogP contribution in [0.2, 0.25) is 5.02 Å². The van der Waals surface area contributed by atoms with Crippen molar-refractivity contribution in [2.24, 2.45) is 0 Å². The lowest BCUT2D eigenvalue weighted by atomic mass is 10.1.